The fraction of sp³-hybridized carbons (Fsp3) is 0.412. The van der Waals surface area contributed by atoms with E-state index < -0.39 is 4.92 Å². The van der Waals surface area contributed by atoms with Crippen LogP contribution in [0.3, 0.4) is 0 Å². The molecular formula is C17H22N4O3. The number of rotatable bonds is 7. The summed E-state index contributed by atoms with van der Waals surface area (Å²) in [6.45, 7) is 5.86. The number of aryl methyl sites for hydroxylation is 1. The van der Waals surface area contributed by atoms with Gasteiger partial charge in [-0.25, -0.2) is 0 Å². The second-order valence-corrected chi connectivity index (χ2v) is 5.67. The summed E-state index contributed by atoms with van der Waals surface area (Å²) in [6.07, 6.45) is 1.86. The number of aromatic nitrogens is 2. The van der Waals surface area contributed by atoms with E-state index in [0.717, 1.165) is 18.5 Å². The Bertz CT molecular complexity index is 725. The molecule has 2 rings (SSSR count). The molecule has 0 radical (unpaired) electrons. The van der Waals surface area contributed by atoms with Crippen LogP contribution < -0.4 is 4.90 Å². The molecule has 0 saturated heterocycles. The lowest BCUT2D eigenvalue weighted by Crippen LogP contribution is -2.35. The molecule has 128 valence electrons. The smallest absolute Gasteiger partial charge is 0.311 e. The van der Waals surface area contributed by atoms with Crippen molar-refractivity contribution in [1.82, 2.24) is 9.78 Å². The summed E-state index contributed by atoms with van der Waals surface area (Å²) in [5.41, 5.74) is 1.52. The minimum absolute atomic E-state index is 0.0148. The first kappa shape index (κ1) is 17.7. The van der Waals surface area contributed by atoms with Gasteiger partial charge in [0.25, 0.3) is 0 Å². The molecule has 1 amide bonds. The van der Waals surface area contributed by atoms with Crippen LogP contribution in [0.1, 0.15) is 31.2 Å². The fourth-order valence-electron chi connectivity index (χ4n) is 2.64. The zero-order valence-corrected chi connectivity index (χ0v) is 14.2. The zero-order valence-electron chi connectivity index (χ0n) is 14.2. The van der Waals surface area contributed by atoms with Gasteiger partial charge >= 0.3 is 5.69 Å². The monoisotopic (exact) mass is 330 g/mol. The predicted molar refractivity (Wildman–Crippen MR) is 92.1 cm³/mol. The summed E-state index contributed by atoms with van der Waals surface area (Å²) in [4.78, 5) is 25.1. The predicted octanol–water partition coefficient (Wildman–Crippen LogP) is 3.24. The molecule has 0 spiro atoms. The van der Waals surface area contributed by atoms with Crippen LogP contribution in [-0.2, 0) is 11.3 Å². The van der Waals surface area contributed by atoms with Crippen LogP contribution in [0.25, 0.3) is 0 Å². The van der Waals surface area contributed by atoms with Crippen LogP contribution >= 0.6 is 0 Å². The van der Waals surface area contributed by atoms with Gasteiger partial charge in [-0.15, -0.1) is 0 Å². The van der Waals surface area contributed by atoms with Crippen molar-refractivity contribution in [3.8, 4) is 0 Å². The summed E-state index contributed by atoms with van der Waals surface area (Å²) in [6, 6.07) is 9.44. The third-order valence-corrected chi connectivity index (χ3v) is 3.92. The molecule has 0 bridgehead atoms. The lowest BCUT2D eigenvalue weighted by atomic mass is 10.2. The van der Waals surface area contributed by atoms with Gasteiger partial charge < -0.3 is 4.90 Å². The zero-order chi connectivity index (χ0) is 17.7. The Kier molecular flexibility index (Phi) is 5.68. The molecular weight excluding hydrogens is 308 g/mol. The number of nitro groups is 1. The van der Waals surface area contributed by atoms with Gasteiger partial charge in [0.1, 0.15) is 17.9 Å². The lowest BCUT2D eigenvalue weighted by Gasteiger charge is -2.23. The summed E-state index contributed by atoms with van der Waals surface area (Å²) >= 11 is 0. The number of carbonyl (C=O) groups excluding carboxylic acids is 1. The van der Waals surface area contributed by atoms with Crippen molar-refractivity contribution in [2.75, 3.05) is 11.4 Å². The highest BCUT2D eigenvalue weighted by molar-refractivity contribution is 5.93. The normalized spacial score (nSPS) is 10.6. The van der Waals surface area contributed by atoms with Gasteiger partial charge in [-0.3, -0.25) is 19.6 Å². The van der Waals surface area contributed by atoms with E-state index in [2.05, 4.69) is 12.0 Å². The largest absolute Gasteiger partial charge is 0.312 e. The molecule has 0 aliphatic rings. The molecule has 24 heavy (non-hydrogen) atoms. The molecule has 0 N–H and O–H groups in total. The van der Waals surface area contributed by atoms with Crippen LogP contribution in [0, 0.1) is 24.0 Å². The van der Waals surface area contributed by atoms with Gasteiger partial charge in [-0.1, -0.05) is 31.5 Å². The molecule has 0 aliphatic carbocycles. The second kappa shape index (κ2) is 7.72. The van der Waals surface area contributed by atoms with E-state index in [-0.39, 0.29) is 18.1 Å². The molecule has 7 heteroatoms. The highest BCUT2D eigenvalue weighted by atomic mass is 16.6. The van der Waals surface area contributed by atoms with Crippen LogP contribution in [0.5, 0.6) is 0 Å². The maximum Gasteiger partial charge on any atom is 0.312 e. The fourth-order valence-corrected chi connectivity index (χ4v) is 2.64. The number of hydrogen-bond acceptors (Lipinski definition) is 4. The van der Waals surface area contributed by atoms with Gasteiger partial charge in [-0.2, -0.15) is 5.10 Å². The van der Waals surface area contributed by atoms with Gasteiger partial charge in [0.05, 0.1) is 4.92 Å². The molecule has 0 fully saturated rings. The summed E-state index contributed by atoms with van der Waals surface area (Å²) < 4.78 is 1.41. The minimum atomic E-state index is -0.454. The van der Waals surface area contributed by atoms with Crippen molar-refractivity contribution in [1.29, 1.82) is 0 Å². The van der Waals surface area contributed by atoms with E-state index in [1.807, 2.05) is 30.3 Å². The van der Waals surface area contributed by atoms with Gasteiger partial charge in [0, 0.05) is 12.2 Å². The minimum Gasteiger partial charge on any atom is -0.311 e. The van der Waals surface area contributed by atoms with E-state index in [0.29, 0.717) is 17.9 Å². The molecule has 0 unspecified atom stereocenters. The average molecular weight is 330 g/mol. The Labute approximate surface area is 141 Å². The molecule has 1 heterocycles. The molecule has 1 aromatic heterocycles. The topological polar surface area (TPSA) is 81.3 Å². The number of unbranched alkanes of at least 4 members (excludes halogenated alkanes) is 1. The SMILES string of the molecule is CCCCN(C(=O)Cn1nc(C)c([N+](=O)[O-])c1C)c1ccccc1. The third kappa shape index (κ3) is 3.79. The highest BCUT2D eigenvalue weighted by Gasteiger charge is 2.24. The van der Waals surface area contributed by atoms with Crippen molar-refractivity contribution < 1.29 is 9.72 Å². The van der Waals surface area contributed by atoms with E-state index in [1.54, 1.807) is 18.7 Å². The summed E-state index contributed by atoms with van der Waals surface area (Å²) in [7, 11) is 0. The van der Waals surface area contributed by atoms with Crippen LogP contribution in [0.4, 0.5) is 11.4 Å². The number of para-hydroxylation sites is 1. The van der Waals surface area contributed by atoms with Crippen molar-refractivity contribution in [2.45, 2.75) is 40.2 Å². The number of anilines is 1. The first-order chi connectivity index (χ1) is 11.5. The van der Waals surface area contributed by atoms with Crippen LogP contribution in [0.2, 0.25) is 0 Å². The standard InChI is InChI=1S/C17H22N4O3/c1-4-5-11-19(15-9-7-6-8-10-15)16(22)12-20-14(3)17(21(23)24)13(2)18-20/h6-10H,4-5,11-12H2,1-3H3. The number of amides is 1. The maximum atomic E-state index is 12.8. The summed E-state index contributed by atoms with van der Waals surface area (Å²) in [5.74, 6) is -0.129. The van der Waals surface area contributed by atoms with E-state index in [4.69, 9.17) is 0 Å². The first-order valence-electron chi connectivity index (χ1n) is 7.99. The third-order valence-electron chi connectivity index (χ3n) is 3.92. The maximum absolute atomic E-state index is 12.8. The quantitative estimate of drug-likeness (QED) is 0.576. The Morgan fingerprint density at radius 1 is 1.29 bits per heavy atom. The number of carbonyl (C=O) groups is 1. The Morgan fingerprint density at radius 3 is 2.50 bits per heavy atom. The van der Waals surface area contributed by atoms with Crippen LogP contribution in [-0.4, -0.2) is 27.2 Å². The average Bonchev–Trinajstić information content (AvgIpc) is 2.82. The molecule has 7 nitrogen and oxygen atoms in total. The van der Waals surface area contributed by atoms with Crippen LogP contribution in [0.15, 0.2) is 30.3 Å². The number of hydrogen-bond donors (Lipinski definition) is 0. The molecule has 0 aliphatic heterocycles. The number of benzene rings is 1. The van der Waals surface area contributed by atoms with E-state index in [9.17, 15) is 14.9 Å². The first-order valence-corrected chi connectivity index (χ1v) is 7.99. The second-order valence-electron chi connectivity index (χ2n) is 5.67. The molecule has 2 aromatic rings. The van der Waals surface area contributed by atoms with Gasteiger partial charge in [0.2, 0.25) is 5.91 Å². The van der Waals surface area contributed by atoms with E-state index >= 15 is 0 Å². The Balaban J connectivity index is 2.25. The lowest BCUT2D eigenvalue weighted by molar-refractivity contribution is -0.386. The van der Waals surface area contributed by atoms with Crippen molar-refractivity contribution in [3.63, 3.8) is 0 Å². The highest BCUT2D eigenvalue weighted by Crippen LogP contribution is 2.22. The Hall–Kier alpha value is -2.70. The Morgan fingerprint density at radius 2 is 1.96 bits per heavy atom. The van der Waals surface area contributed by atoms with E-state index in [1.165, 1.54) is 4.68 Å². The van der Waals surface area contributed by atoms with Gasteiger partial charge in [-0.05, 0) is 32.4 Å². The van der Waals surface area contributed by atoms with Crippen molar-refractivity contribution >= 4 is 17.3 Å². The van der Waals surface area contributed by atoms with Crippen molar-refractivity contribution in [3.05, 3.63) is 51.8 Å². The molecule has 0 atom stereocenters. The molecule has 1 aromatic carbocycles. The van der Waals surface area contributed by atoms with Crippen molar-refractivity contribution in [2.24, 2.45) is 0 Å². The molecule has 0 saturated carbocycles. The number of nitrogens with zero attached hydrogens (tertiary/aromatic N) is 4. The summed E-state index contributed by atoms with van der Waals surface area (Å²) in [5, 5.41) is 15.3. The van der Waals surface area contributed by atoms with Gasteiger partial charge in [0.15, 0.2) is 0 Å².